The molecule has 0 fully saturated rings. The molecular formula is C25H20O6. The van der Waals surface area contributed by atoms with E-state index in [1.807, 2.05) is 31.2 Å². The van der Waals surface area contributed by atoms with Crippen molar-refractivity contribution >= 4 is 16.9 Å². The van der Waals surface area contributed by atoms with E-state index in [1.165, 1.54) is 18.9 Å². The molecule has 0 amide bonds. The number of aryl methyl sites for hydroxylation is 1. The molecule has 0 saturated heterocycles. The first kappa shape index (κ1) is 20.2. The van der Waals surface area contributed by atoms with E-state index >= 15 is 0 Å². The van der Waals surface area contributed by atoms with Crippen molar-refractivity contribution < 1.29 is 23.4 Å². The van der Waals surface area contributed by atoms with Gasteiger partial charge in [-0.2, -0.15) is 0 Å². The fourth-order valence-electron chi connectivity index (χ4n) is 3.01. The molecule has 0 radical (unpaired) electrons. The van der Waals surface area contributed by atoms with Gasteiger partial charge in [0.05, 0.1) is 18.1 Å². The summed E-state index contributed by atoms with van der Waals surface area (Å²) in [6.45, 7) is 2.45. The molecule has 0 atom stereocenters. The van der Waals surface area contributed by atoms with Gasteiger partial charge in [0.1, 0.15) is 30.0 Å². The summed E-state index contributed by atoms with van der Waals surface area (Å²) in [5.41, 5.74) is 2.73. The fourth-order valence-corrected chi connectivity index (χ4v) is 3.01. The Balaban J connectivity index is 1.51. The number of fused-ring (bicyclic) bond motifs is 1. The summed E-state index contributed by atoms with van der Waals surface area (Å²) < 4.78 is 21.7. The lowest BCUT2D eigenvalue weighted by molar-refractivity contribution is 0.0600. The molecule has 4 aromatic rings. The van der Waals surface area contributed by atoms with Gasteiger partial charge >= 0.3 is 5.97 Å². The van der Waals surface area contributed by atoms with E-state index in [1.54, 1.807) is 42.5 Å². The van der Waals surface area contributed by atoms with Crippen LogP contribution in [0.3, 0.4) is 0 Å². The highest BCUT2D eigenvalue weighted by molar-refractivity contribution is 5.89. The van der Waals surface area contributed by atoms with Gasteiger partial charge in [-0.3, -0.25) is 4.79 Å². The SMILES string of the molecule is COC(=O)c1ccc(Oc2coc3cc(OCc4ccc(C)cc4)ccc3c2=O)cc1. The maximum Gasteiger partial charge on any atom is 0.337 e. The first-order valence-electron chi connectivity index (χ1n) is 9.63. The highest BCUT2D eigenvalue weighted by Crippen LogP contribution is 2.25. The van der Waals surface area contributed by atoms with Crippen LogP contribution in [0.25, 0.3) is 11.0 Å². The van der Waals surface area contributed by atoms with Crippen LogP contribution >= 0.6 is 0 Å². The number of rotatable bonds is 6. The minimum Gasteiger partial charge on any atom is -0.489 e. The highest BCUT2D eigenvalue weighted by Gasteiger charge is 2.11. The molecule has 0 aliphatic heterocycles. The Labute approximate surface area is 178 Å². The third-order valence-corrected chi connectivity index (χ3v) is 4.74. The lowest BCUT2D eigenvalue weighted by Gasteiger charge is -2.09. The number of carbonyl (C=O) groups excluding carboxylic acids is 1. The van der Waals surface area contributed by atoms with Gasteiger partial charge in [-0.25, -0.2) is 4.79 Å². The smallest absolute Gasteiger partial charge is 0.337 e. The Kier molecular flexibility index (Phi) is 5.71. The number of esters is 1. The van der Waals surface area contributed by atoms with E-state index in [0.717, 1.165) is 5.56 Å². The van der Waals surface area contributed by atoms with E-state index < -0.39 is 5.97 Å². The molecule has 0 aliphatic carbocycles. The molecule has 4 rings (SSSR count). The van der Waals surface area contributed by atoms with Crippen LogP contribution in [0.4, 0.5) is 0 Å². The van der Waals surface area contributed by atoms with Crippen LogP contribution in [0.1, 0.15) is 21.5 Å². The summed E-state index contributed by atoms with van der Waals surface area (Å²) >= 11 is 0. The minimum absolute atomic E-state index is 0.0478. The van der Waals surface area contributed by atoms with Gasteiger partial charge in [-0.05, 0) is 48.9 Å². The Morgan fingerprint density at radius 1 is 0.935 bits per heavy atom. The molecule has 0 N–H and O–H groups in total. The van der Waals surface area contributed by atoms with Crippen LogP contribution in [0.15, 0.2) is 82.2 Å². The molecule has 0 saturated carbocycles. The zero-order valence-electron chi connectivity index (χ0n) is 17.1. The molecule has 31 heavy (non-hydrogen) atoms. The summed E-state index contributed by atoms with van der Waals surface area (Å²) in [4.78, 5) is 24.3. The summed E-state index contributed by atoms with van der Waals surface area (Å²) in [6, 6.07) is 19.4. The zero-order chi connectivity index (χ0) is 21.8. The molecular weight excluding hydrogens is 396 g/mol. The van der Waals surface area contributed by atoms with Crippen molar-refractivity contribution in [3.05, 3.63) is 99.9 Å². The third-order valence-electron chi connectivity index (χ3n) is 4.74. The van der Waals surface area contributed by atoms with Crippen LogP contribution in [-0.4, -0.2) is 13.1 Å². The normalized spacial score (nSPS) is 10.6. The number of carbonyl (C=O) groups is 1. The number of hydrogen-bond donors (Lipinski definition) is 0. The predicted octanol–water partition coefficient (Wildman–Crippen LogP) is 5.26. The second-order valence-electron chi connectivity index (χ2n) is 6.98. The predicted molar refractivity (Wildman–Crippen MR) is 116 cm³/mol. The second-order valence-corrected chi connectivity index (χ2v) is 6.98. The Bertz CT molecular complexity index is 1270. The molecule has 0 unspecified atom stereocenters. The molecule has 6 heteroatoms. The summed E-state index contributed by atoms with van der Waals surface area (Å²) in [5, 5.41) is 0.381. The van der Waals surface area contributed by atoms with Gasteiger partial charge in [0.25, 0.3) is 0 Å². The van der Waals surface area contributed by atoms with E-state index in [-0.39, 0.29) is 11.2 Å². The first-order chi connectivity index (χ1) is 15.0. The van der Waals surface area contributed by atoms with Gasteiger partial charge in [-0.15, -0.1) is 0 Å². The number of hydrogen-bond acceptors (Lipinski definition) is 6. The van der Waals surface area contributed by atoms with Crippen molar-refractivity contribution in [1.82, 2.24) is 0 Å². The molecule has 1 heterocycles. The molecule has 0 bridgehead atoms. The third kappa shape index (κ3) is 4.59. The van der Waals surface area contributed by atoms with Crippen molar-refractivity contribution in [2.75, 3.05) is 7.11 Å². The van der Waals surface area contributed by atoms with Crippen LogP contribution < -0.4 is 14.9 Å². The lowest BCUT2D eigenvalue weighted by Crippen LogP contribution is -2.05. The van der Waals surface area contributed by atoms with Crippen molar-refractivity contribution in [2.24, 2.45) is 0 Å². The lowest BCUT2D eigenvalue weighted by atomic mass is 10.2. The number of ether oxygens (including phenoxy) is 3. The molecule has 6 nitrogen and oxygen atoms in total. The van der Waals surface area contributed by atoms with Crippen molar-refractivity contribution in [3.63, 3.8) is 0 Å². The van der Waals surface area contributed by atoms with Gasteiger partial charge in [0.15, 0.2) is 0 Å². The molecule has 1 aromatic heterocycles. The second kappa shape index (κ2) is 8.75. The first-order valence-corrected chi connectivity index (χ1v) is 9.63. The van der Waals surface area contributed by atoms with E-state index in [9.17, 15) is 9.59 Å². The average Bonchev–Trinajstić information content (AvgIpc) is 2.80. The van der Waals surface area contributed by atoms with Gasteiger partial charge in [0.2, 0.25) is 11.2 Å². The standard InChI is InChI=1S/C25H20O6/c1-16-3-5-17(6-4-16)14-29-20-11-12-21-22(13-20)30-15-23(24(21)26)31-19-9-7-18(8-10-19)25(27)28-2/h3-13,15H,14H2,1-2H3. The van der Waals surface area contributed by atoms with Crippen LogP contribution in [-0.2, 0) is 11.3 Å². The quantitative estimate of drug-likeness (QED) is 0.399. The summed E-state index contributed by atoms with van der Waals surface area (Å²) in [7, 11) is 1.31. The van der Waals surface area contributed by atoms with Crippen LogP contribution in [0.2, 0.25) is 0 Å². The Morgan fingerprint density at radius 3 is 2.35 bits per heavy atom. The van der Waals surface area contributed by atoms with E-state index in [4.69, 9.17) is 13.9 Å². The number of methoxy groups -OCH3 is 1. The van der Waals surface area contributed by atoms with Crippen LogP contribution in [0, 0.1) is 6.92 Å². The van der Waals surface area contributed by atoms with Gasteiger partial charge < -0.3 is 18.6 Å². The van der Waals surface area contributed by atoms with Crippen molar-refractivity contribution in [1.29, 1.82) is 0 Å². The van der Waals surface area contributed by atoms with Gasteiger partial charge in [0, 0.05) is 6.07 Å². The number of benzene rings is 3. The van der Waals surface area contributed by atoms with Crippen LogP contribution in [0.5, 0.6) is 17.2 Å². The maximum absolute atomic E-state index is 12.8. The average molecular weight is 416 g/mol. The monoisotopic (exact) mass is 416 g/mol. The molecule has 0 spiro atoms. The van der Waals surface area contributed by atoms with Gasteiger partial charge in [-0.1, -0.05) is 29.8 Å². The van der Waals surface area contributed by atoms with Crippen molar-refractivity contribution in [2.45, 2.75) is 13.5 Å². The molecule has 0 aliphatic rings. The molecule has 156 valence electrons. The Morgan fingerprint density at radius 2 is 1.65 bits per heavy atom. The van der Waals surface area contributed by atoms with E-state index in [0.29, 0.717) is 34.6 Å². The summed E-state index contributed by atoms with van der Waals surface area (Å²) in [6.07, 6.45) is 1.27. The molecule has 3 aromatic carbocycles. The maximum atomic E-state index is 12.8. The summed E-state index contributed by atoms with van der Waals surface area (Å²) in [5.74, 6) is 0.601. The van der Waals surface area contributed by atoms with Crippen molar-refractivity contribution in [3.8, 4) is 17.2 Å². The fraction of sp³-hybridized carbons (Fsp3) is 0.120. The zero-order valence-corrected chi connectivity index (χ0v) is 17.1. The Hall–Kier alpha value is -4.06. The topological polar surface area (TPSA) is 75.0 Å². The highest BCUT2D eigenvalue weighted by atomic mass is 16.5. The largest absolute Gasteiger partial charge is 0.489 e. The minimum atomic E-state index is -0.447. The van der Waals surface area contributed by atoms with E-state index in [2.05, 4.69) is 4.74 Å².